The fourth-order valence-electron chi connectivity index (χ4n) is 2.62. The van der Waals surface area contributed by atoms with Crippen LogP contribution in [0.3, 0.4) is 0 Å². The molecule has 2 aromatic rings. The average molecular weight is 277 g/mol. The molecule has 0 radical (unpaired) electrons. The first kappa shape index (κ1) is 12.3. The minimum absolute atomic E-state index is 0.194. The highest BCUT2D eigenvalue weighted by molar-refractivity contribution is 7.18. The largest absolute Gasteiger partial charge is 0.481 e. The fourth-order valence-corrected chi connectivity index (χ4v) is 3.47. The van der Waals surface area contributed by atoms with E-state index < -0.39 is 5.97 Å². The second-order valence-corrected chi connectivity index (χ2v) is 6.22. The lowest BCUT2D eigenvalue weighted by Crippen LogP contribution is -2.18. The van der Waals surface area contributed by atoms with Crippen LogP contribution in [-0.2, 0) is 4.79 Å². The molecule has 0 spiro atoms. The SMILES string of the molecule is Cc1cc2c(NC3CCC(C(=O)O)C3)ncnc2s1. The quantitative estimate of drug-likeness (QED) is 0.902. The second kappa shape index (κ2) is 4.77. The Bertz CT molecular complexity index is 625. The summed E-state index contributed by atoms with van der Waals surface area (Å²) in [5.74, 6) is -0.0899. The van der Waals surface area contributed by atoms with Gasteiger partial charge in [-0.15, -0.1) is 11.3 Å². The van der Waals surface area contributed by atoms with E-state index in [0.717, 1.165) is 28.9 Å². The molecule has 2 unspecified atom stereocenters. The number of anilines is 1. The summed E-state index contributed by atoms with van der Waals surface area (Å²) in [4.78, 5) is 21.7. The minimum atomic E-state index is -0.691. The fraction of sp³-hybridized carbons (Fsp3) is 0.462. The topological polar surface area (TPSA) is 75.1 Å². The molecule has 5 nitrogen and oxygen atoms in total. The van der Waals surface area contributed by atoms with Gasteiger partial charge in [-0.3, -0.25) is 4.79 Å². The molecule has 100 valence electrons. The number of nitrogens with zero attached hydrogens (tertiary/aromatic N) is 2. The molecule has 1 aliphatic rings. The first-order valence-corrected chi connectivity index (χ1v) is 7.15. The van der Waals surface area contributed by atoms with Crippen LogP contribution in [0.25, 0.3) is 10.2 Å². The molecule has 19 heavy (non-hydrogen) atoms. The molecule has 2 atom stereocenters. The maximum Gasteiger partial charge on any atom is 0.306 e. The van der Waals surface area contributed by atoms with Crippen molar-refractivity contribution in [3.05, 3.63) is 17.3 Å². The van der Waals surface area contributed by atoms with Gasteiger partial charge in [-0.25, -0.2) is 9.97 Å². The predicted molar refractivity (Wildman–Crippen MR) is 74.5 cm³/mol. The van der Waals surface area contributed by atoms with Gasteiger partial charge in [0.25, 0.3) is 0 Å². The molecular formula is C13H15N3O2S. The van der Waals surface area contributed by atoms with Crippen molar-refractivity contribution in [1.29, 1.82) is 0 Å². The van der Waals surface area contributed by atoms with Crippen molar-refractivity contribution in [2.24, 2.45) is 5.92 Å². The second-order valence-electron chi connectivity index (χ2n) is 4.99. The summed E-state index contributed by atoms with van der Waals surface area (Å²) in [6.45, 7) is 2.05. The highest BCUT2D eigenvalue weighted by atomic mass is 32.1. The smallest absolute Gasteiger partial charge is 0.306 e. The average Bonchev–Trinajstić information content (AvgIpc) is 2.95. The van der Waals surface area contributed by atoms with Crippen molar-refractivity contribution in [1.82, 2.24) is 9.97 Å². The number of nitrogens with one attached hydrogen (secondary N) is 1. The molecule has 0 bridgehead atoms. The Labute approximate surface area is 114 Å². The lowest BCUT2D eigenvalue weighted by atomic mass is 10.1. The number of aliphatic carboxylic acids is 1. The van der Waals surface area contributed by atoms with Crippen molar-refractivity contribution in [2.45, 2.75) is 32.2 Å². The van der Waals surface area contributed by atoms with Crippen LogP contribution in [0.15, 0.2) is 12.4 Å². The Morgan fingerprint density at radius 1 is 1.47 bits per heavy atom. The van der Waals surface area contributed by atoms with Crippen LogP contribution in [0.2, 0.25) is 0 Å². The molecule has 2 N–H and O–H groups in total. The molecule has 1 fully saturated rings. The molecule has 3 rings (SSSR count). The van der Waals surface area contributed by atoms with Crippen LogP contribution < -0.4 is 5.32 Å². The summed E-state index contributed by atoms with van der Waals surface area (Å²) in [6, 6.07) is 2.27. The summed E-state index contributed by atoms with van der Waals surface area (Å²) in [5, 5.41) is 13.4. The predicted octanol–water partition coefficient (Wildman–Crippen LogP) is 2.66. The van der Waals surface area contributed by atoms with Gasteiger partial charge in [0.05, 0.1) is 11.3 Å². The van der Waals surface area contributed by atoms with Gasteiger partial charge < -0.3 is 10.4 Å². The van der Waals surface area contributed by atoms with Gasteiger partial charge in [0.2, 0.25) is 0 Å². The lowest BCUT2D eigenvalue weighted by Gasteiger charge is -2.13. The Kier molecular flexibility index (Phi) is 3.10. The number of carbonyl (C=O) groups is 1. The normalized spacial score (nSPS) is 22.8. The third kappa shape index (κ3) is 2.40. The zero-order chi connectivity index (χ0) is 13.4. The van der Waals surface area contributed by atoms with Crippen LogP contribution in [0.4, 0.5) is 5.82 Å². The Morgan fingerprint density at radius 3 is 3.05 bits per heavy atom. The van der Waals surface area contributed by atoms with Gasteiger partial charge in [-0.05, 0) is 32.3 Å². The number of fused-ring (bicyclic) bond motifs is 1. The molecule has 1 aliphatic carbocycles. The number of rotatable bonds is 3. The molecule has 1 saturated carbocycles. The van der Waals surface area contributed by atoms with Crippen molar-refractivity contribution < 1.29 is 9.90 Å². The molecule has 2 heterocycles. The highest BCUT2D eigenvalue weighted by Gasteiger charge is 2.30. The van der Waals surface area contributed by atoms with Gasteiger partial charge in [-0.2, -0.15) is 0 Å². The third-order valence-electron chi connectivity index (χ3n) is 3.58. The minimum Gasteiger partial charge on any atom is -0.481 e. The number of carboxylic acids is 1. The summed E-state index contributed by atoms with van der Waals surface area (Å²) in [7, 11) is 0. The van der Waals surface area contributed by atoms with Gasteiger partial charge in [0.15, 0.2) is 0 Å². The number of aryl methyl sites for hydroxylation is 1. The van der Waals surface area contributed by atoms with E-state index in [4.69, 9.17) is 5.11 Å². The molecule has 0 aromatic carbocycles. The summed E-state index contributed by atoms with van der Waals surface area (Å²) in [5.41, 5.74) is 0. The zero-order valence-corrected chi connectivity index (χ0v) is 11.4. The molecule has 0 amide bonds. The standard InChI is InChI=1S/C13H15N3O2S/c1-7-4-10-11(14-6-15-12(10)19-7)16-9-3-2-8(5-9)13(17)18/h4,6,8-9H,2-3,5H2,1H3,(H,17,18)(H,14,15,16). The van der Waals surface area contributed by atoms with Crippen LogP contribution in [0.5, 0.6) is 0 Å². The van der Waals surface area contributed by atoms with Gasteiger partial charge in [0, 0.05) is 10.9 Å². The van der Waals surface area contributed by atoms with Crippen molar-refractivity contribution >= 4 is 33.3 Å². The molecule has 6 heteroatoms. The number of hydrogen-bond acceptors (Lipinski definition) is 5. The maximum absolute atomic E-state index is 11.0. The van der Waals surface area contributed by atoms with E-state index in [2.05, 4.69) is 21.4 Å². The molecular weight excluding hydrogens is 262 g/mol. The first-order chi connectivity index (χ1) is 9.13. The summed E-state index contributed by atoms with van der Waals surface area (Å²) < 4.78 is 0. The van der Waals surface area contributed by atoms with E-state index >= 15 is 0 Å². The highest BCUT2D eigenvalue weighted by Crippen LogP contribution is 2.32. The van der Waals surface area contributed by atoms with E-state index in [0.29, 0.717) is 6.42 Å². The van der Waals surface area contributed by atoms with E-state index in [9.17, 15) is 4.79 Å². The van der Waals surface area contributed by atoms with Crippen molar-refractivity contribution in [2.75, 3.05) is 5.32 Å². The van der Waals surface area contributed by atoms with E-state index in [1.54, 1.807) is 17.7 Å². The molecule has 0 aliphatic heterocycles. The molecule has 0 saturated heterocycles. The Hall–Kier alpha value is -1.69. The first-order valence-electron chi connectivity index (χ1n) is 6.34. The van der Waals surface area contributed by atoms with Crippen molar-refractivity contribution in [3.8, 4) is 0 Å². The number of thiophene rings is 1. The zero-order valence-electron chi connectivity index (χ0n) is 10.6. The van der Waals surface area contributed by atoms with E-state index in [1.165, 1.54) is 4.88 Å². The van der Waals surface area contributed by atoms with Crippen molar-refractivity contribution in [3.63, 3.8) is 0 Å². The lowest BCUT2D eigenvalue weighted by molar-refractivity contribution is -0.141. The van der Waals surface area contributed by atoms with Gasteiger partial charge in [-0.1, -0.05) is 0 Å². The number of aromatic nitrogens is 2. The summed E-state index contributed by atoms with van der Waals surface area (Å²) >= 11 is 1.64. The number of hydrogen-bond donors (Lipinski definition) is 2. The Balaban J connectivity index is 1.80. The maximum atomic E-state index is 11.0. The van der Waals surface area contributed by atoms with E-state index in [-0.39, 0.29) is 12.0 Å². The van der Waals surface area contributed by atoms with Gasteiger partial charge >= 0.3 is 5.97 Å². The van der Waals surface area contributed by atoms with Crippen LogP contribution in [0, 0.1) is 12.8 Å². The Morgan fingerprint density at radius 2 is 2.32 bits per heavy atom. The number of carboxylic acid groups (broad SMARTS) is 1. The van der Waals surface area contributed by atoms with Crippen LogP contribution in [-0.4, -0.2) is 27.1 Å². The third-order valence-corrected chi connectivity index (χ3v) is 4.53. The van der Waals surface area contributed by atoms with Gasteiger partial charge in [0.1, 0.15) is 17.0 Å². The summed E-state index contributed by atoms with van der Waals surface area (Å²) in [6.07, 6.45) is 3.85. The van der Waals surface area contributed by atoms with Crippen LogP contribution in [0.1, 0.15) is 24.1 Å². The monoisotopic (exact) mass is 277 g/mol. The van der Waals surface area contributed by atoms with Crippen LogP contribution >= 0.6 is 11.3 Å². The molecule has 2 aromatic heterocycles. The van der Waals surface area contributed by atoms with E-state index in [1.807, 2.05) is 6.92 Å².